The molecular weight excluding hydrogens is 380 g/mol. The molecule has 154 valence electrons. The second kappa shape index (κ2) is 9.31. The van der Waals surface area contributed by atoms with Crippen LogP contribution in [0.2, 0.25) is 0 Å². The van der Waals surface area contributed by atoms with Crippen LogP contribution in [-0.4, -0.2) is 24.1 Å². The Balaban J connectivity index is 1.33. The smallest absolute Gasteiger partial charge is 0.231 e. The highest BCUT2D eigenvalue weighted by molar-refractivity contribution is 5.93. The molecule has 2 heterocycles. The van der Waals surface area contributed by atoms with Gasteiger partial charge in [0.15, 0.2) is 0 Å². The Morgan fingerprint density at radius 3 is 2.73 bits per heavy atom. The van der Waals surface area contributed by atoms with Gasteiger partial charge in [-0.1, -0.05) is 6.07 Å². The summed E-state index contributed by atoms with van der Waals surface area (Å²) in [5.41, 5.74) is 2.72. The molecule has 0 bridgehead atoms. The summed E-state index contributed by atoms with van der Waals surface area (Å²) >= 11 is 0. The largest absolute Gasteiger partial charge is 0.494 e. The van der Waals surface area contributed by atoms with Gasteiger partial charge in [-0.2, -0.15) is 0 Å². The van der Waals surface area contributed by atoms with Crippen LogP contribution in [0.25, 0.3) is 0 Å². The van der Waals surface area contributed by atoms with Gasteiger partial charge in [0.25, 0.3) is 0 Å². The fourth-order valence-electron chi connectivity index (χ4n) is 3.32. The number of ether oxygens (including phenoxy) is 3. The minimum Gasteiger partial charge on any atom is -0.494 e. The van der Waals surface area contributed by atoms with Gasteiger partial charge in [-0.05, 0) is 67.4 Å². The fraction of sp³-hybridized carbons (Fsp3) is 0.250. The molecular formula is C24H24N2O4. The molecule has 6 nitrogen and oxygen atoms in total. The van der Waals surface area contributed by atoms with Crippen molar-refractivity contribution in [1.29, 1.82) is 0 Å². The van der Waals surface area contributed by atoms with Crippen LogP contribution in [0.4, 0.5) is 5.69 Å². The summed E-state index contributed by atoms with van der Waals surface area (Å²) in [7, 11) is 0. The predicted molar refractivity (Wildman–Crippen MR) is 114 cm³/mol. The molecule has 0 spiro atoms. The number of pyridine rings is 1. The average Bonchev–Trinajstić information content (AvgIpc) is 2.79. The third-order valence-corrected chi connectivity index (χ3v) is 4.87. The molecule has 4 rings (SSSR count). The van der Waals surface area contributed by atoms with Crippen LogP contribution >= 0.6 is 0 Å². The maximum atomic E-state index is 12.7. The summed E-state index contributed by atoms with van der Waals surface area (Å²) in [6.07, 6.45) is 4.12. The molecule has 1 aromatic heterocycles. The van der Waals surface area contributed by atoms with Crippen molar-refractivity contribution in [3.63, 3.8) is 0 Å². The minimum absolute atomic E-state index is 0.0634. The molecule has 0 fully saturated rings. The summed E-state index contributed by atoms with van der Waals surface area (Å²) < 4.78 is 17.1. The average molecular weight is 404 g/mol. The first-order valence-electron chi connectivity index (χ1n) is 10.0. The van der Waals surface area contributed by atoms with Gasteiger partial charge in [0.05, 0.1) is 12.5 Å². The van der Waals surface area contributed by atoms with E-state index in [-0.39, 0.29) is 11.8 Å². The van der Waals surface area contributed by atoms with E-state index in [0.717, 1.165) is 34.1 Å². The number of carbonyl (C=O) groups is 1. The second-order valence-electron chi connectivity index (χ2n) is 7.08. The van der Waals surface area contributed by atoms with Crippen molar-refractivity contribution >= 4 is 11.6 Å². The molecule has 0 aliphatic carbocycles. The van der Waals surface area contributed by atoms with Crippen molar-refractivity contribution < 1.29 is 19.0 Å². The van der Waals surface area contributed by atoms with Crippen molar-refractivity contribution in [2.75, 3.05) is 18.5 Å². The lowest BCUT2D eigenvalue weighted by Crippen LogP contribution is -2.32. The van der Waals surface area contributed by atoms with Crippen molar-refractivity contribution in [2.45, 2.75) is 20.0 Å². The summed E-state index contributed by atoms with van der Waals surface area (Å²) in [6.45, 7) is 3.36. The number of fused-ring (bicyclic) bond motifs is 1. The van der Waals surface area contributed by atoms with Gasteiger partial charge < -0.3 is 19.5 Å². The number of hydrogen-bond donors (Lipinski definition) is 1. The lowest BCUT2D eigenvalue weighted by Gasteiger charge is -2.25. The highest BCUT2D eigenvalue weighted by Gasteiger charge is 2.26. The Kier molecular flexibility index (Phi) is 6.13. The molecule has 30 heavy (non-hydrogen) atoms. The Morgan fingerprint density at radius 1 is 1.13 bits per heavy atom. The fourth-order valence-corrected chi connectivity index (χ4v) is 3.32. The van der Waals surface area contributed by atoms with Gasteiger partial charge in [-0.3, -0.25) is 9.78 Å². The van der Waals surface area contributed by atoms with Crippen LogP contribution in [-0.2, 0) is 17.8 Å². The molecule has 1 amide bonds. The van der Waals surface area contributed by atoms with Crippen LogP contribution in [0.1, 0.15) is 18.1 Å². The quantitative estimate of drug-likeness (QED) is 0.638. The normalized spacial score (nSPS) is 14.9. The maximum absolute atomic E-state index is 12.7. The zero-order valence-corrected chi connectivity index (χ0v) is 16.8. The van der Waals surface area contributed by atoms with Gasteiger partial charge in [0.1, 0.15) is 30.5 Å². The summed E-state index contributed by atoms with van der Waals surface area (Å²) in [6, 6.07) is 16.9. The van der Waals surface area contributed by atoms with Gasteiger partial charge in [-0.25, -0.2) is 0 Å². The number of nitrogens with one attached hydrogen (secondary N) is 1. The molecule has 1 unspecified atom stereocenters. The molecule has 0 saturated heterocycles. The highest BCUT2D eigenvalue weighted by atomic mass is 16.5. The van der Waals surface area contributed by atoms with E-state index in [1.54, 1.807) is 12.4 Å². The van der Waals surface area contributed by atoms with E-state index in [0.29, 0.717) is 26.2 Å². The number of benzene rings is 2. The lowest BCUT2D eigenvalue weighted by molar-refractivity contribution is -0.121. The zero-order valence-electron chi connectivity index (χ0n) is 16.8. The Hall–Kier alpha value is -3.54. The SMILES string of the molecule is CCOc1ccc2c(c1)CC(C(=O)Nc1ccc(OCc3cccnc3)cc1)CO2. The molecule has 1 aliphatic rings. The molecule has 6 heteroatoms. The van der Waals surface area contributed by atoms with E-state index in [1.807, 2.05) is 61.5 Å². The molecule has 1 atom stereocenters. The molecule has 1 aliphatic heterocycles. The number of anilines is 1. The van der Waals surface area contributed by atoms with Crippen molar-refractivity contribution in [2.24, 2.45) is 5.92 Å². The maximum Gasteiger partial charge on any atom is 0.231 e. The van der Waals surface area contributed by atoms with Gasteiger partial charge in [0, 0.05) is 23.6 Å². The summed E-state index contributed by atoms with van der Waals surface area (Å²) in [5.74, 6) is 2.03. The Labute approximate surface area is 175 Å². The monoisotopic (exact) mass is 404 g/mol. The molecule has 2 aromatic carbocycles. The van der Waals surface area contributed by atoms with E-state index in [9.17, 15) is 4.79 Å². The highest BCUT2D eigenvalue weighted by Crippen LogP contribution is 2.31. The van der Waals surface area contributed by atoms with Crippen molar-refractivity contribution in [3.05, 3.63) is 78.1 Å². The Morgan fingerprint density at radius 2 is 1.97 bits per heavy atom. The van der Waals surface area contributed by atoms with Crippen LogP contribution in [0.15, 0.2) is 67.0 Å². The van der Waals surface area contributed by atoms with E-state index < -0.39 is 0 Å². The molecule has 1 N–H and O–H groups in total. The molecule has 0 radical (unpaired) electrons. The first-order valence-corrected chi connectivity index (χ1v) is 10.0. The first kappa shape index (κ1) is 19.8. The van der Waals surface area contributed by atoms with Crippen LogP contribution in [0.5, 0.6) is 17.2 Å². The van der Waals surface area contributed by atoms with E-state index in [4.69, 9.17) is 14.2 Å². The summed E-state index contributed by atoms with van der Waals surface area (Å²) in [4.78, 5) is 16.8. The standard InChI is InChI=1S/C24H24N2O4/c1-2-28-22-9-10-23-18(13-22)12-19(16-30-23)24(27)26-20-5-7-21(8-6-20)29-15-17-4-3-11-25-14-17/h3-11,13-14,19H,2,12,15-16H2,1H3,(H,26,27). The first-order chi connectivity index (χ1) is 14.7. The van der Waals surface area contributed by atoms with Crippen LogP contribution < -0.4 is 19.5 Å². The third kappa shape index (κ3) is 4.89. The second-order valence-corrected chi connectivity index (χ2v) is 7.08. The lowest BCUT2D eigenvalue weighted by atomic mass is 9.95. The van der Waals surface area contributed by atoms with Crippen molar-refractivity contribution in [3.8, 4) is 17.2 Å². The predicted octanol–water partition coefficient (Wildman–Crippen LogP) is 4.25. The number of amides is 1. The van der Waals surface area contributed by atoms with Crippen LogP contribution in [0, 0.1) is 5.92 Å². The number of nitrogens with zero attached hydrogens (tertiary/aromatic N) is 1. The number of aromatic nitrogens is 1. The molecule has 3 aromatic rings. The van der Waals surface area contributed by atoms with Crippen molar-refractivity contribution in [1.82, 2.24) is 4.98 Å². The number of rotatable bonds is 7. The number of hydrogen-bond acceptors (Lipinski definition) is 5. The minimum atomic E-state index is -0.254. The van der Waals surface area contributed by atoms with Gasteiger partial charge in [-0.15, -0.1) is 0 Å². The van der Waals surface area contributed by atoms with E-state index in [2.05, 4.69) is 10.3 Å². The van der Waals surface area contributed by atoms with E-state index in [1.165, 1.54) is 0 Å². The zero-order chi connectivity index (χ0) is 20.8. The van der Waals surface area contributed by atoms with E-state index >= 15 is 0 Å². The third-order valence-electron chi connectivity index (χ3n) is 4.87. The topological polar surface area (TPSA) is 69.7 Å². The van der Waals surface area contributed by atoms with Gasteiger partial charge in [0.2, 0.25) is 5.91 Å². The number of carbonyl (C=O) groups excluding carboxylic acids is 1. The summed E-state index contributed by atoms with van der Waals surface area (Å²) in [5, 5.41) is 2.97. The van der Waals surface area contributed by atoms with Crippen LogP contribution in [0.3, 0.4) is 0 Å². The Bertz CT molecular complexity index is 990. The van der Waals surface area contributed by atoms with Gasteiger partial charge >= 0.3 is 0 Å². The molecule has 0 saturated carbocycles.